The minimum absolute atomic E-state index is 0.00128. The van der Waals surface area contributed by atoms with Crippen LogP contribution in [-0.2, 0) is 16.1 Å². The monoisotopic (exact) mass is 609 g/mol. The molecule has 0 radical (unpaired) electrons. The van der Waals surface area contributed by atoms with Crippen molar-refractivity contribution in [1.82, 2.24) is 10.0 Å². The van der Waals surface area contributed by atoms with Crippen molar-refractivity contribution in [2.75, 3.05) is 0 Å². The van der Waals surface area contributed by atoms with Crippen LogP contribution in [0.3, 0.4) is 0 Å². The second kappa shape index (κ2) is 8.73. The molecule has 34 heavy (non-hydrogen) atoms. The Kier molecular flexibility index (Phi) is 6.02. The number of nitrogens with zero attached hydrogens (tertiary/aromatic N) is 3. The van der Waals surface area contributed by atoms with Crippen LogP contribution in [0, 0.1) is 33.8 Å². The molecule has 1 heterocycles. The van der Waals surface area contributed by atoms with Gasteiger partial charge in [0.15, 0.2) is 0 Å². The molecule has 1 saturated heterocycles. The second-order valence-corrected chi connectivity index (χ2v) is 11.3. The molecule has 3 fully saturated rings. The molecule has 5 rings (SSSR count). The molecular weight excluding hydrogens is 594 g/mol. The van der Waals surface area contributed by atoms with E-state index in [4.69, 9.17) is 11.6 Å². The quantitative estimate of drug-likeness (QED) is 0.213. The molecule has 2 bridgehead atoms. The van der Waals surface area contributed by atoms with Gasteiger partial charge in [-0.05, 0) is 36.0 Å². The number of non-ortho nitro benzene ring substituents is 1. The molecule has 3 aliphatic rings. The maximum atomic E-state index is 13.6. The number of amides is 3. The van der Waals surface area contributed by atoms with Gasteiger partial charge in [0, 0.05) is 32.4 Å². The van der Waals surface area contributed by atoms with Crippen molar-refractivity contribution < 1.29 is 19.3 Å². The Morgan fingerprint density at radius 2 is 1.68 bits per heavy atom. The number of hydrazine groups is 1. The van der Waals surface area contributed by atoms with E-state index in [1.165, 1.54) is 18.2 Å². The summed E-state index contributed by atoms with van der Waals surface area (Å²) in [6, 6.07) is 12.1. The molecule has 0 unspecified atom stereocenters. The molecule has 11 heteroatoms. The van der Waals surface area contributed by atoms with Gasteiger partial charge < -0.3 is 0 Å². The molecule has 0 N–H and O–H groups in total. The first-order chi connectivity index (χ1) is 16.2. The predicted molar refractivity (Wildman–Crippen MR) is 130 cm³/mol. The summed E-state index contributed by atoms with van der Waals surface area (Å²) in [7, 11) is 0. The van der Waals surface area contributed by atoms with Crippen molar-refractivity contribution >= 4 is 66.9 Å². The predicted octanol–water partition coefficient (Wildman–Crippen LogP) is 4.58. The van der Waals surface area contributed by atoms with E-state index in [0.717, 1.165) is 22.5 Å². The normalized spacial score (nSPS) is 29.4. The number of fused-ring (bicyclic) bond motifs is 5. The Bertz CT molecular complexity index is 1190. The summed E-state index contributed by atoms with van der Waals surface area (Å²) >= 11 is 13.7. The highest BCUT2D eigenvalue weighted by Gasteiger charge is 2.67. The highest BCUT2D eigenvalue weighted by molar-refractivity contribution is 9.12. The summed E-state index contributed by atoms with van der Waals surface area (Å²) in [6.07, 6.45) is 0.760. The zero-order valence-corrected chi connectivity index (χ0v) is 21.4. The van der Waals surface area contributed by atoms with Gasteiger partial charge in [-0.15, -0.1) is 0 Å². The highest BCUT2D eigenvalue weighted by atomic mass is 79.9. The number of hydrogen-bond donors (Lipinski definition) is 0. The van der Waals surface area contributed by atoms with E-state index >= 15 is 0 Å². The minimum Gasteiger partial charge on any atom is -0.272 e. The van der Waals surface area contributed by atoms with Crippen LogP contribution in [-0.4, -0.2) is 42.3 Å². The number of carbonyl (C=O) groups is 3. The van der Waals surface area contributed by atoms with Crippen LogP contribution in [0.15, 0.2) is 48.5 Å². The Morgan fingerprint density at radius 1 is 1.06 bits per heavy atom. The number of benzene rings is 2. The van der Waals surface area contributed by atoms with E-state index in [1.54, 1.807) is 24.3 Å². The molecule has 2 aromatic carbocycles. The molecule has 8 nitrogen and oxygen atoms in total. The number of rotatable bonds is 5. The maximum Gasteiger partial charge on any atom is 0.273 e. The zero-order chi connectivity index (χ0) is 24.3. The number of imide groups is 1. The third-order valence-electron chi connectivity index (χ3n) is 7.02. The zero-order valence-electron chi connectivity index (χ0n) is 17.5. The molecule has 6 atom stereocenters. The SMILES string of the molecule is O=C(c1cccc([N+](=O)[O-])c1)N(Cc1ccccc1Cl)N1C(=O)[C@@H]2[C@H]3C[C@@H]([C@H](Br)[C@H]3Br)[C@@H]2C1=O. The van der Waals surface area contributed by atoms with Crippen LogP contribution in [0.2, 0.25) is 5.02 Å². The second-order valence-electron chi connectivity index (χ2n) is 8.75. The van der Waals surface area contributed by atoms with Gasteiger partial charge >= 0.3 is 0 Å². The Hall–Kier alpha value is -2.30. The Labute approximate surface area is 216 Å². The van der Waals surface area contributed by atoms with E-state index in [2.05, 4.69) is 31.9 Å². The molecule has 2 saturated carbocycles. The van der Waals surface area contributed by atoms with Gasteiger partial charge in [-0.3, -0.25) is 24.5 Å². The lowest BCUT2D eigenvalue weighted by Gasteiger charge is -2.31. The van der Waals surface area contributed by atoms with Gasteiger partial charge in [-0.1, -0.05) is 67.7 Å². The number of nitro groups is 1. The molecule has 0 spiro atoms. The van der Waals surface area contributed by atoms with Gasteiger partial charge in [-0.25, -0.2) is 5.01 Å². The third-order valence-corrected chi connectivity index (χ3v) is 10.6. The first-order valence-electron chi connectivity index (χ1n) is 10.7. The van der Waals surface area contributed by atoms with Crippen LogP contribution in [0.1, 0.15) is 22.3 Å². The number of halogens is 3. The summed E-state index contributed by atoms with van der Waals surface area (Å²) in [5.74, 6) is -2.59. The van der Waals surface area contributed by atoms with E-state index < -0.39 is 34.5 Å². The summed E-state index contributed by atoms with van der Waals surface area (Å²) < 4.78 is 0. The van der Waals surface area contributed by atoms with Crippen LogP contribution >= 0.6 is 43.5 Å². The molecule has 1 aliphatic heterocycles. The Balaban J connectivity index is 1.55. The smallest absolute Gasteiger partial charge is 0.272 e. The summed E-state index contributed by atoms with van der Waals surface area (Å²) in [5, 5.41) is 13.7. The van der Waals surface area contributed by atoms with Crippen LogP contribution < -0.4 is 0 Å². The van der Waals surface area contributed by atoms with Crippen molar-refractivity contribution in [3.05, 3.63) is 74.8 Å². The largest absolute Gasteiger partial charge is 0.273 e. The average Bonchev–Trinajstić information content (AvgIpc) is 3.43. The van der Waals surface area contributed by atoms with E-state index in [-0.39, 0.29) is 39.3 Å². The maximum absolute atomic E-state index is 13.6. The minimum atomic E-state index is -0.691. The number of carbonyl (C=O) groups excluding carboxylic acids is 3. The summed E-state index contributed by atoms with van der Waals surface area (Å²) in [5.41, 5.74) is 0.278. The number of hydrogen-bond acceptors (Lipinski definition) is 5. The van der Waals surface area contributed by atoms with Crippen LogP contribution in [0.25, 0.3) is 0 Å². The van der Waals surface area contributed by atoms with Gasteiger partial charge in [-0.2, -0.15) is 5.01 Å². The number of alkyl halides is 2. The van der Waals surface area contributed by atoms with Gasteiger partial charge in [0.2, 0.25) is 0 Å². The van der Waals surface area contributed by atoms with Crippen molar-refractivity contribution in [3.63, 3.8) is 0 Å². The lowest BCUT2D eigenvalue weighted by Crippen LogP contribution is -2.50. The molecule has 176 valence electrons. The first kappa shape index (κ1) is 23.4. The lowest BCUT2D eigenvalue weighted by atomic mass is 9.81. The van der Waals surface area contributed by atoms with Crippen molar-refractivity contribution in [2.45, 2.75) is 22.6 Å². The molecule has 0 aromatic heterocycles. The highest BCUT2D eigenvalue weighted by Crippen LogP contribution is 2.60. The van der Waals surface area contributed by atoms with E-state index in [1.807, 2.05) is 0 Å². The fraction of sp³-hybridized carbons (Fsp3) is 0.348. The summed E-state index contributed by atoms with van der Waals surface area (Å²) in [4.78, 5) is 51.6. The third kappa shape index (κ3) is 3.58. The van der Waals surface area contributed by atoms with Gasteiger partial charge in [0.1, 0.15) is 0 Å². The van der Waals surface area contributed by atoms with Gasteiger partial charge in [0.05, 0.1) is 23.3 Å². The lowest BCUT2D eigenvalue weighted by molar-refractivity contribution is -0.384. The van der Waals surface area contributed by atoms with Gasteiger partial charge in [0.25, 0.3) is 23.4 Å². The first-order valence-corrected chi connectivity index (χ1v) is 12.9. The Morgan fingerprint density at radius 3 is 2.26 bits per heavy atom. The molecular formula is C23H18Br2ClN3O5. The van der Waals surface area contributed by atoms with Crippen LogP contribution in [0.5, 0.6) is 0 Å². The van der Waals surface area contributed by atoms with Crippen LogP contribution in [0.4, 0.5) is 5.69 Å². The summed E-state index contributed by atoms with van der Waals surface area (Å²) in [6.45, 7) is -0.136. The molecule has 3 amide bonds. The van der Waals surface area contributed by atoms with Crippen molar-refractivity contribution in [2.24, 2.45) is 23.7 Å². The number of nitro benzene ring substituents is 1. The molecule has 2 aliphatic carbocycles. The molecule has 2 aromatic rings. The van der Waals surface area contributed by atoms with Crippen molar-refractivity contribution in [1.29, 1.82) is 0 Å². The fourth-order valence-electron chi connectivity index (χ4n) is 5.49. The van der Waals surface area contributed by atoms with E-state index in [9.17, 15) is 24.5 Å². The van der Waals surface area contributed by atoms with E-state index in [0.29, 0.717) is 10.6 Å². The van der Waals surface area contributed by atoms with Crippen molar-refractivity contribution in [3.8, 4) is 0 Å². The fourth-order valence-corrected chi connectivity index (χ4v) is 7.56. The standard InChI is InChI=1S/C23H18Br2ClN3O5/c24-19-14-9-15(20(19)25)18-17(14)22(31)28(23(18)32)27(10-12-4-1-2-7-16(12)26)21(30)11-5-3-6-13(8-11)29(33)34/h1-8,14-15,17-20H,9-10H2/t14-,15-,17-,18+,19+,20+/m1/s1. The topological polar surface area (TPSA) is 101 Å². The average molecular weight is 612 g/mol.